The lowest BCUT2D eigenvalue weighted by Crippen LogP contribution is -2.50. The molecule has 0 aromatic carbocycles. The number of nitrogens with one attached hydrogen (secondary N) is 2. The first-order valence-corrected chi connectivity index (χ1v) is 9.33. The van der Waals surface area contributed by atoms with Gasteiger partial charge in [0.05, 0.1) is 16.8 Å². The number of hydrogen-bond acceptors (Lipinski definition) is 7. The molecule has 13 heteroatoms. The normalized spacial score (nSPS) is 21.5. The van der Waals surface area contributed by atoms with E-state index in [-0.39, 0.29) is 34.6 Å². The summed E-state index contributed by atoms with van der Waals surface area (Å²) in [5.41, 5.74) is -1.88. The third-order valence-electron chi connectivity index (χ3n) is 5.03. The molecule has 1 unspecified atom stereocenters. The average molecular weight is 444 g/mol. The highest BCUT2D eigenvalue weighted by Gasteiger charge is 2.39. The molecular formula is C18H17F5N6O2. The Kier molecular flexibility index (Phi) is 5.37. The molecule has 1 fully saturated rings. The van der Waals surface area contributed by atoms with E-state index < -0.39 is 30.4 Å². The summed E-state index contributed by atoms with van der Waals surface area (Å²) >= 11 is 0. The number of carbonyl (C=O) groups excluding carboxylic acids is 1. The minimum atomic E-state index is -4.70. The fourth-order valence-electron chi connectivity index (χ4n) is 3.58. The summed E-state index contributed by atoms with van der Waals surface area (Å²) in [5, 5.41) is 5.31. The van der Waals surface area contributed by atoms with Gasteiger partial charge in [-0.15, -0.1) is 0 Å². The van der Waals surface area contributed by atoms with E-state index >= 15 is 0 Å². The molecule has 2 atom stereocenters. The molecule has 0 aliphatic carbocycles. The molecule has 0 bridgehead atoms. The predicted molar refractivity (Wildman–Crippen MR) is 98.8 cm³/mol. The van der Waals surface area contributed by atoms with E-state index in [2.05, 4.69) is 30.3 Å². The molecule has 2 aromatic rings. The summed E-state index contributed by atoms with van der Waals surface area (Å²) in [5.74, 6) is -0.219. The van der Waals surface area contributed by atoms with Gasteiger partial charge in [-0.05, 0) is 19.1 Å². The van der Waals surface area contributed by atoms with Gasteiger partial charge in [0.25, 0.3) is 6.43 Å². The van der Waals surface area contributed by atoms with Crippen LogP contribution in [0.3, 0.4) is 0 Å². The number of carbonyl (C=O) groups is 1. The Balaban J connectivity index is 1.90. The Hall–Kier alpha value is -3.09. The molecule has 2 N–H and O–H groups in total. The van der Waals surface area contributed by atoms with Crippen molar-refractivity contribution in [3.63, 3.8) is 0 Å². The molecular weight excluding hydrogens is 427 g/mol. The number of amides is 1. The summed E-state index contributed by atoms with van der Waals surface area (Å²) in [6.07, 6.45) is -10.1. The van der Waals surface area contributed by atoms with Crippen LogP contribution in [0, 0.1) is 0 Å². The van der Waals surface area contributed by atoms with Gasteiger partial charge in [-0.2, -0.15) is 13.2 Å². The van der Waals surface area contributed by atoms with Crippen LogP contribution in [0.15, 0.2) is 18.5 Å². The number of nitrogens with zero attached hydrogens (tertiary/aromatic N) is 4. The first kappa shape index (κ1) is 21.2. The Morgan fingerprint density at radius 3 is 2.71 bits per heavy atom. The summed E-state index contributed by atoms with van der Waals surface area (Å²) in [4.78, 5) is 25.2. The number of alkyl halides is 5. The lowest BCUT2D eigenvalue weighted by molar-refractivity contribution is -0.137. The number of aromatic nitrogens is 3. The third-order valence-corrected chi connectivity index (χ3v) is 5.03. The number of hydrogen-bond donors (Lipinski definition) is 2. The van der Waals surface area contributed by atoms with Gasteiger partial charge in [0.1, 0.15) is 23.7 Å². The van der Waals surface area contributed by atoms with Crippen molar-refractivity contribution in [2.45, 2.75) is 31.7 Å². The molecule has 1 amide bonds. The van der Waals surface area contributed by atoms with Crippen molar-refractivity contribution in [1.29, 1.82) is 0 Å². The molecule has 2 aliphatic rings. The van der Waals surface area contributed by atoms with Crippen LogP contribution in [-0.4, -0.2) is 53.1 Å². The van der Waals surface area contributed by atoms with Crippen LogP contribution in [0.2, 0.25) is 0 Å². The van der Waals surface area contributed by atoms with E-state index in [0.29, 0.717) is 19.6 Å². The maximum absolute atomic E-state index is 13.6. The first-order chi connectivity index (χ1) is 14.6. The van der Waals surface area contributed by atoms with Crippen molar-refractivity contribution in [3.05, 3.63) is 29.6 Å². The molecule has 4 heterocycles. The number of anilines is 2. The highest BCUT2D eigenvalue weighted by molar-refractivity contribution is 5.88. The van der Waals surface area contributed by atoms with Gasteiger partial charge in [0, 0.05) is 25.7 Å². The molecule has 2 aliphatic heterocycles. The number of piperazine rings is 1. The Bertz CT molecular complexity index is 1000. The largest absolute Gasteiger partial charge is 0.435 e. The Labute approximate surface area is 172 Å². The molecule has 0 spiro atoms. The first-order valence-electron chi connectivity index (χ1n) is 9.33. The van der Waals surface area contributed by atoms with E-state index in [9.17, 15) is 26.7 Å². The zero-order valence-electron chi connectivity index (χ0n) is 16.1. The van der Waals surface area contributed by atoms with Gasteiger partial charge in [-0.25, -0.2) is 28.5 Å². The number of cyclic esters (lactones) is 1. The van der Waals surface area contributed by atoms with E-state index in [4.69, 9.17) is 0 Å². The third kappa shape index (κ3) is 4.09. The van der Waals surface area contributed by atoms with Crippen molar-refractivity contribution >= 4 is 17.7 Å². The lowest BCUT2D eigenvalue weighted by atomic mass is 10.0. The topological polar surface area (TPSA) is 92.3 Å². The number of ether oxygens (including phenoxy) is 1. The van der Waals surface area contributed by atoms with Gasteiger partial charge in [-0.3, -0.25) is 5.32 Å². The maximum Gasteiger partial charge on any atom is 0.416 e. The van der Waals surface area contributed by atoms with Crippen LogP contribution in [-0.2, 0) is 10.9 Å². The van der Waals surface area contributed by atoms with E-state index in [1.165, 1.54) is 0 Å². The van der Waals surface area contributed by atoms with Crippen LogP contribution in [0.4, 0.5) is 38.4 Å². The van der Waals surface area contributed by atoms with Crippen molar-refractivity contribution in [3.8, 4) is 11.4 Å². The fraction of sp³-hybridized carbons (Fsp3) is 0.444. The summed E-state index contributed by atoms with van der Waals surface area (Å²) in [7, 11) is 0. The zero-order chi connectivity index (χ0) is 22.3. The standard InChI is InChI=1S/C18H17F5N6O2/c1-8-6-24-2-3-29(8)11-5-9(18(21,22)23)4-10(27-11)13-12-14(15(19)20)31-17(30)28-16(12)26-7-25-13/h4-5,7-8,14-15,24H,2-3,6H2,1H3,(H,25,26,28,30)/t8-,14?/m1/s1. The second kappa shape index (κ2) is 7.87. The Morgan fingerprint density at radius 1 is 1.26 bits per heavy atom. The van der Waals surface area contributed by atoms with Crippen LogP contribution in [0.5, 0.6) is 0 Å². The van der Waals surface area contributed by atoms with Gasteiger partial charge in [0.2, 0.25) is 0 Å². The monoisotopic (exact) mass is 444 g/mol. The van der Waals surface area contributed by atoms with Crippen molar-refractivity contribution in [1.82, 2.24) is 20.3 Å². The second-order valence-electron chi connectivity index (χ2n) is 7.11. The molecule has 2 aromatic heterocycles. The quantitative estimate of drug-likeness (QED) is 0.703. The van der Waals surface area contributed by atoms with Gasteiger partial charge >= 0.3 is 12.3 Å². The van der Waals surface area contributed by atoms with Crippen LogP contribution in [0.1, 0.15) is 24.2 Å². The molecule has 4 rings (SSSR count). The van der Waals surface area contributed by atoms with Crippen molar-refractivity contribution in [2.24, 2.45) is 0 Å². The molecule has 1 saturated heterocycles. The predicted octanol–water partition coefficient (Wildman–Crippen LogP) is 3.22. The van der Waals surface area contributed by atoms with E-state index in [1.54, 1.807) is 4.90 Å². The summed E-state index contributed by atoms with van der Waals surface area (Å²) < 4.78 is 72.7. The average Bonchev–Trinajstić information content (AvgIpc) is 2.72. The molecule has 31 heavy (non-hydrogen) atoms. The minimum Gasteiger partial charge on any atom is -0.435 e. The lowest BCUT2D eigenvalue weighted by Gasteiger charge is -2.35. The highest BCUT2D eigenvalue weighted by Crippen LogP contribution is 2.41. The molecule has 8 nitrogen and oxygen atoms in total. The zero-order valence-corrected chi connectivity index (χ0v) is 16.1. The van der Waals surface area contributed by atoms with Crippen molar-refractivity contribution < 1.29 is 31.5 Å². The van der Waals surface area contributed by atoms with Gasteiger partial charge in [-0.1, -0.05) is 0 Å². The van der Waals surface area contributed by atoms with Crippen LogP contribution >= 0.6 is 0 Å². The summed E-state index contributed by atoms with van der Waals surface area (Å²) in [6, 6.07) is 1.51. The van der Waals surface area contributed by atoms with Crippen LogP contribution in [0.25, 0.3) is 11.4 Å². The smallest absolute Gasteiger partial charge is 0.416 e. The molecule has 166 valence electrons. The Morgan fingerprint density at radius 2 is 2.03 bits per heavy atom. The van der Waals surface area contributed by atoms with Gasteiger partial charge < -0.3 is 15.0 Å². The van der Waals surface area contributed by atoms with E-state index in [0.717, 1.165) is 18.5 Å². The molecule has 0 saturated carbocycles. The molecule has 0 radical (unpaired) electrons. The highest BCUT2D eigenvalue weighted by atomic mass is 19.4. The fourth-order valence-corrected chi connectivity index (χ4v) is 3.58. The van der Waals surface area contributed by atoms with E-state index in [1.807, 2.05) is 6.92 Å². The SMILES string of the molecule is C[C@@H]1CNCCN1c1cc(C(F)(F)F)cc(-c2ncnc3c2C(C(F)F)OC(=O)N3)n1. The van der Waals surface area contributed by atoms with Crippen LogP contribution < -0.4 is 15.5 Å². The number of fused-ring (bicyclic) bond motifs is 1. The number of pyridine rings is 1. The maximum atomic E-state index is 13.6. The number of halogens is 5. The minimum absolute atomic E-state index is 0.0422. The van der Waals surface area contributed by atoms with Crippen molar-refractivity contribution in [2.75, 3.05) is 29.9 Å². The van der Waals surface area contributed by atoms with Gasteiger partial charge in [0.15, 0.2) is 6.10 Å². The second-order valence-corrected chi connectivity index (χ2v) is 7.11. The number of rotatable bonds is 3. The summed E-state index contributed by atoms with van der Waals surface area (Å²) in [6.45, 7) is 3.34.